The van der Waals surface area contributed by atoms with Crippen LogP contribution in [0.2, 0.25) is 0 Å². The van der Waals surface area contributed by atoms with E-state index in [4.69, 9.17) is 0 Å². The highest BCUT2D eigenvalue weighted by molar-refractivity contribution is 9.10. The van der Waals surface area contributed by atoms with Gasteiger partial charge in [-0.15, -0.1) is 0 Å². The monoisotopic (exact) mass is 447 g/mol. The molecule has 3 aromatic rings. The minimum atomic E-state index is -0.423. The first-order valence-electron chi connectivity index (χ1n) is 9.40. The number of aryl methyl sites for hydroxylation is 2. The summed E-state index contributed by atoms with van der Waals surface area (Å²) in [6, 6.07) is 19.6. The number of benzene rings is 2. The van der Waals surface area contributed by atoms with Crippen molar-refractivity contribution in [3.63, 3.8) is 0 Å². The van der Waals surface area contributed by atoms with Gasteiger partial charge >= 0.3 is 0 Å². The average Bonchev–Trinajstić information content (AvgIpc) is 3.00. The Kier molecular flexibility index (Phi) is 6.36. The zero-order valence-corrected chi connectivity index (χ0v) is 18.2. The molecule has 1 amide bonds. The molecular weight excluding hydrogens is 426 g/mol. The first-order valence-corrected chi connectivity index (χ1v) is 10.2. The quantitative estimate of drug-likeness (QED) is 0.387. The number of rotatable bonds is 5. The summed E-state index contributed by atoms with van der Waals surface area (Å²) in [6.07, 6.45) is 2.58. The summed E-state index contributed by atoms with van der Waals surface area (Å²) in [7, 11) is 0. The Morgan fingerprint density at radius 3 is 2.52 bits per heavy atom. The molecule has 0 radical (unpaired) electrons. The van der Waals surface area contributed by atoms with Crippen LogP contribution in [0.25, 0.3) is 11.8 Å². The lowest BCUT2D eigenvalue weighted by Gasteiger charge is -2.14. The molecule has 0 aliphatic carbocycles. The smallest absolute Gasteiger partial charge is 0.266 e. The van der Waals surface area contributed by atoms with Gasteiger partial charge in [0.1, 0.15) is 11.6 Å². The number of nitriles is 1. The van der Waals surface area contributed by atoms with Gasteiger partial charge in [-0.25, -0.2) is 0 Å². The lowest BCUT2D eigenvalue weighted by molar-refractivity contribution is -0.112. The van der Waals surface area contributed by atoms with Gasteiger partial charge in [0, 0.05) is 27.2 Å². The van der Waals surface area contributed by atoms with Crippen molar-refractivity contribution >= 4 is 33.6 Å². The number of anilines is 1. The third-order valence-corrected chi connectivity index (χ3v) is 5.38. The van der Waals surface area contributed by atoms with Crippen molar-refractivity contribution in [3.8, 4) is 11.8 Å². The molecule has 0 saturated carbocycles. The SMILES string of the molecule is CCc1ccccc1-n1c(C)cc(/C=C(/C#N)C(=O)Nc2ccc(Br)cc2)c1C. The van der Waals surface area contributed by atoms with Gasteiger partial charge in [0.2, 0.25) is 0 Å². The first-order chi connectivity index (χ1) is 13.9. The summed E-state index contributed by atoms with van der Waals surface area (Å²) < 4.78 is 3.10. The summed E-state index contributed by atoms with van der Waals surface area (Å²) >= 11 is 3.37. The molecule has 146 valence electrons. The molecule has 2 aromatic carbocycles. The van der Waals surface area contributed by atoms with Crippen molar-refractivity contribution in [2.75, 3.05) is 5.32 Å². The fourth-order valence-electron chi connectivity index (χ4n) is 3.37. The van der Waals surface area contributed by atoms with Crippen molar-refractivity contribution in [3.05, 3.63) is 87.2 Å². The van der Waals surface area contributed by atoms with E-state index in [2.05, 4.69) is 44.9 Å². The van der Waals surface area contributed by atoms with E-state index >= 15 is 0 Å². The van der Waals surface area contributed by atoms with Crippen molar-refractivity contribution in [1.29, 1.82) is 5.26 Å². The first kappa shape index (κ1) is 20.6. The lowest BCUT2D eigenvalue weighted by Crippen LogP contribution is -2.13. The van der Waals surface area contributed by atoms with Gasteiger partial charge < -0.3 is 9.88 Å². The summed E-state index contributed by atoms with van der Waals surface area (Å²) in [5, 5.41) is 12.3. The van der Waals surface area contributed by atoms with E-state index in [0.29, 0.717) is 5.69 Å². The van der Waals surface area contributed by atoms with Gasteiger partial charge in [0.05, 0.1) is 0 Å². The number of halogens is 1. The number of amides is 1. The second-order valence-corrected chi connectivity index (χ2v) is 7.69. The van der Waals surface area contributed by atoms with Crippen LogP contribution in [0.15, 0.2) is 64.6 Å². The minimum Gasteiger partial charge on any atom is -0.321 e. The Bertz CT molecular complexity index is 1120. The van der Waals surface area contributed by atoms with E-state index in [1.807, 2.05) is 50.2 Å². The molecule has 0 atom stereocenters. The fraction of sp³-hybridized carbons (Fsp3) is 0.167. The number of aromatic nitrogens is 1. The van der Waals surface area contributed by atoms with Gasteiger partial charge in [-0.3, -0.25) is 4.79 Å². The topological polar surface area (TPSA) is 57.8 Å². The van der Waals surface area contributed by atoms with E-state index in [1.54, 1.807) is 18.2 Å². The van der Waals surface area contributed by atoms with Crippen molar-refractivity contribution in [2.45, 2.75) is 27.2 Å². The van der Waals surface area contributed by atoms with E-state index < -0.39 is 5.91 Å². The predicted molar refractivity (Wildman–Crippen MR) is 121 cm³/mol. The Labute approximate surface area is 179 Å². The molecule has 1 N–H and O–H groups in total. The average molecular weight is 448 g/mol. The largest absolute Gasteiger partial charge is 0.321 e. The molecule has 29 heavy (non-hydrogen) atoms. The van der Waals surface area contributed by atoms with Crippen LogP contribution >= 0.6 is 15.9 Å². The van der Waals surface area contributed by atoms with E-state index in [0.717, 1.165) is 33.5 Å². The van der Waals surface area contributed by atoms with Crippen molar-refractivity contribution in [2.24, 2.45) is 0 Å². The number of carbonyl (C=O) groups is 1. The summed E-state index contributed by atoms with van der Waals surface area (Å²) in [6.45, 7) is 6.17. The Morgan fingerprint density at radius 2 is 1.86 bits per heavy atom. The Balaban J connectivity index is 1.95. The maximum absolute atomic E-state index is 12.6. The third-order valence-electron chi connectivity index (χ3n) is 4.85. The zero-order valence-electron chi connectivity index (χ0n) is 16.7. The summed E-state index contributed by atoms with van der Waals surface area (Å²) in [5.74, 6) is -0.423. The highest BCUT2D eigenvalue weighted by atomic mass is 79.9. The fourth-order valence-corrected chi connectivity index (χ4v) is 3.63. The minimum absolute atomic E-state index is 0.0666. The molecule has 0 aliphatic rings. The molecule has 4 nitrogen and oxygen atoms in total. The summed E-state index contributed by atoms with van der Waals surface area (Å²) in [5.41, 5.74) is 5.99. The van der Waals surface area contributed by atoms with Crippen LogP contribution in [0.1, 0.15) is 29.4 Å². The van der Waals surface area contributed by atoms with Crippen LogP contribution < -0.4 is 5.32 Å². The maximum Gasteiger partial charge on any atom is 0.266 e. The van der Waals surface area contributed by atoms with Crippen molar-refractivity contribution in [1.82, 2.24) is 4.57 Å². The van der Waals surface area contributed by atoms with Gasteiger partial charge in [0.15, 0.2) is 0 Å². The van der Waals surface area contributed by atoms with Crippen LogP contribution in [-0.2, 0) is 11.2 Å². The van der Waals surface area contributed by atoms with Gasteiger partial charge in [-0.1, -0.05) is 41.1 Å². The maximum atomic E-state index is 12.6. The zero-order chi connectivity index (χ0) is 21.0. The second-order valence-electron chi connectivity index (χ2n) is 6.77. The van der Waals surface area contributed by atoms with Crippen LogP contribution in [0, 0.1) is 25.2 Å². The Morgan fingerprint density at radius 1 is 1.17 bits per heavy atom. The molecule has 1 heterocycles. The predicted octanol–water partition coefficient (Wildman–Crippen LogP) is 5.96. The van der Waals surface area contributed by atoms with Crippen LogP contribution in [0.5, 0.6) is 0 Å². The molecule has 0 saturated heterocycles. The van der Waals surface area contributed by atoms with Gasteiger partial charge in [0.25, 0.3) is 5.91 Å². The van der Waals surface area contributed by atoms with E-state index in [9.17, 15) is 10.1 Å². The number of nitrogens with one attached hydrogen (secondary N) is 1. The number of nitrogens with zero attached hydrogens (tertiary/aromatic N) is 2. The van der Waals surface area contributed by atoms with Gasteiger partial charge in [-0.05, 0) is 73.9 Å². The highest BCUT2D eigenvalue weighted by Gasteiger charge is 2.15. The number of para-hydroxylation sites is 1. The third kappa shape index (κ3) is 4.49. The van der Waals surface area contributed by atoms with E-state index in [1.165, 1.54) is 5.56 Å². The van der Waals surface area contributed by atoms with Gasteiger partial charge in [-0.2, -0.15) is 5.26 Å². The van der Waals surface area contributed by atoms with Crippen LogP contribution in [-0.4, -0.2) is 10.5 Å². The second kappa shape index (κ2) is 8.93. The summed E-state index contributed by atoms with van der Waals surface area (Å²) in [4.78, 5) is 12.6. The number of hydrogen-bond acceptors (Lipinski definition) is 2. The van der Waals surface area contributed by atoms with E-state index in [-0.39, 0.29) is 5.57 Å². The Hall–Kier alpha value is -3.10. The highest BCUT2D eigenvalue weighted by Crippen LogP contribution is 2.25. The lowest BCUT2D eigenvalue weighted by atomic mass is 10.1. The molecule has 0 spiro atoms. The normalized spacial score (nSPS) is 11.2. The molecular formula is C24H22BrN3O. The molecule has 0 unspecified atom stereocenters. The van der Waals surface area contributed by atoms with Crippen LogP contribution in [0.4, 0.5) is 5.69 Å². The van der Waals surface area contributed by atoms with Crippen LogP contribution in [0.3, 0.4) is 0 Å². The molecule has 1 aromatic heterocycles. The number of hydrogen-bond donors (Lipinski definition) is 1. The standard InChI is InChI=1S/C24H22BrN3O/c1-4-18-7-5-6-8-23(18)28-16(2)13-19(17(28)3)14-20(15-26)24(29)27-22-11-9-21(25)10-12-22/h5-14H,4H2,1-3H3,(H,27,29)/b20-14-. The molecule has 0 bridgehead atoms. The number of carbonyl (C=O) groups excluding carboxylic acids is 1. The molecule has 0 fully saturated rings. The van der Waals surface area contributed by atoms with Crippen molar-refractivity contribution < 1.29 is 4.79 Å². The molecule has 3 rings (SSSR count). The molecule has 5 heteroatoms. The molecule has 0 aliphatic heterocycles.